The molecule has 0 atom stereocenters. The number of anilines is 1. The highest BCUT2D eigenvalue weighted by Crippen LogP contribution is 2.26. The maximum atomic E-state index is 13.3. The smallest absolute Gasteiger partial charge is 0.337 e. The molecule has 0 aliphatic carbocycles. The largest absolute Gasteiger partial charge is 0.465 e. The Hall–Kier alpha value is -2.66. The number of amides is 1. The first-order valence-electron chi connectivity index (χ1n) is 10.5. The number of carbonyl (C=O) groups is 2. The SMILES string of the molecule is CCN(Cc1ccc(C(=O)N(c2ccc(C(=O)OC)cc2C)C(C)C)cc1)C(C)C. The molecule has 0 fully saturated rings. The van der Waals surface area contributed by atoms with Crippen molar-refractivity contribution in [3.63, 3.8) is 0 Å². The molecule has 0 heterocycles. The van der Waals surface area contributed by atoms with E-state index in [2.05, 4.69) is 25.7 Å². The molecule has 2 rings (SSSR count). The van der Waals surface area contributed by atoms with Crippen molar-refractivity contribution in [3.05, 3.63) is 64.7 Å². The van der Waals surface area contributed by atoms with Crippen LogP contribution >= 0.6 is 0 Å². The van der Waals surface area contributed by atoms with Crippen LogP contribution in [0, 0.1) is 6.92 Å². The van der Waals surface area contributed by atoms with Crippen LogP contribution < -0.4 is 4.90 Å². The second-order valence-electron chi connectivity index (χ2n) is 8.12. The molecule has 0 saturated carbocycles. The van der Waals surface area contributed by atoms with Gasteiger partial charge in [0.05, 0.1) is 12.7 Å². The monoisotopic (exact) mass is 410 g/mol. The lowest BCUT2D eigenvalue weighted by atomic mass is 10.0. The van der Waals surface area contributed by atoms with Crippen LogP contribution in [0.25, 0.3) is 0 Å². The van der Waals surface area contributed by atoms with Crippen molar-refractivity contribution in [3.8, 4) is 0 Å². The van der Waals surface area contributed by atoms with Crippen molar-refractivity contribution in [2.45, 2.75) is 60.2 Å². The molecule has 5 nitrogen and oxygen atoms in total. The average molecular weight is 411 g/mol. The molecule has 0 aromatic heterocycles. The van der Waals surface area contributed by atoms with Gasteiger partial charge < -0.3 is 9.64 Å². The van der Waals surface area contributed by atoms with Crippen LogP contribution in [0.15, 0.2) is 42.5 Å². The van der Waals surface area contributed by atoms with Gasteiger partial charge in [-0.05, 0) is 82.6 Å². The van der Waals surface area contributed by atoms with Crippen molar-refractivity contribution in [2.75, 3.05) is 18.6 Å². The number of carbonyl (C=O) groups excluding carboxylic acids is 2. The first kappa shape index (κ1) is 23.6. The van der Waals surface area contributed by atoms with E-state index < -0.39 is 0 Å². The summed E-state index contributed by atoms with van der Waals surface area (Å²) in [5, 5.41) is 0. The quantitative estimate of drug-likeness (QED) is 0.570. The van der Waals surface area contributed by atoms with Gasteiger partial charge in [-0.3, -0.25) is 9.69 Å². The van der Waals surface area contributed by atoms with Crippen molar-refractivity contribution in [1.29, 1.82) is 0 Å². The van der Waals surface area contributed by atoms with Crippen LogP contribution in [0.1, 0.15) is 66.5 Å². The third-order valence-electron chi connectivity index (χ3n) is 5.34. The van der Waals surface area contributed by atoms with Gasteiger partial charge in [-0.2, -0.15) is 0 Å². The third kappa shape index (κ3) is 5.48. The fraction of sp³-hybridized carbons (Fsp3) is 0.440. The number of ether oxygens (including phenoxy) is 1. The lowest BCUT2D eigenvalue weighted by Gasteiger charge is -2.29. The molecule has 0 bridgehead atoms. The minimum Gasteiger partial charge on any atom is -0.465 e. The first-order chi connectivity index (χ1) is 14.2. The van der Waals surface area contributed by atoms with Gasteiger partial charge in [0, 0.05) is 29.9 Å². The van der Waals surface area contributed by atoms with Crippen molar-refractivity contribution in [1.82, 2.24) is 4.90 Å². The Bertz CT molecular complexity index is 872. The Morgan fingerprint density at radius 2 is 1.53 bits per heavy atom. The fourth-order valence-corrected chi connectivity index (χ4v) is 3.58. The summed E-state index contributed by atoms with van der Waals surface area (Å²) in [5.74, 6) is -0.438. The van der Waals surface area contributed by atoms with Gasteiger partial charge in [0.2, 0.25) is 0 Å². The van der Waals surface area contributed by atoms with Crippen LogP contribution in [-0.2, 0) is 11.3 Å². The summed E-state index contributed by atoms with van der Waals surface area (Å²) in [7, 11) is 1.36. The number of aryl methyl sites for hydroxylation is 1. The van der Waals surface area contributed by atoms with Gasteiger partial charge in [-0.25, -0.2) is 4.79 Å². The van der Waals surface area contributed by atoms with E-state index in [0.29, 0.717) is 17.2 Å². The summed E-state index contributed by atoms with van der Waals surface area (Å²) >= 11 is 0. The van der Waals surface area contributed by atoms with Crippen LogP contribution in [0.5, 0.6) is 0 Å². The molecule has 0 N–H and O–H groups in total. The Morgan fingerprint density at radius 3 is 2.00 bits per heavy atom. The number of methoxy groups -OCH3 is 1. The summed E-state index contributed by atoms with van der Waals surface area (Å²) in [4.78, 5) is 29.3. The molecule has 2 aromatic carbocycles. The molecule has 0 spiro atoms. The van der Waals surface area contributed by atoms with Crippen molar-refractivity contribution < 1.29 is 14.3 Å². The van der Waals surface area contributed by atoms with E-state index in [0.717, 1.165) is 24.3 Å². The van der Waals surface area contributed by atoms with Gasteiger partial charge in [0.15, 0.2) is 0 Å². The Kier molecular flexibility index (Phi) is 8.18. The lowest BCUT2D eigenvalue weighted by molar-refractivity contribution is 0.0600. The Labute approximate surface area is 180 Å². The molecule has 162 valence electrons. The van der Waals surface area contributed by atoms with Gasteiger partial charge in [-0.1, -0.05) is 19.1 Å². The number of nitrogens with zero attached hydrogens (tertiary/aromatic N) is 2. The molecule has 1 amide bonds. The zero-order chi connectivity index (χ0) is 22.4. The van der Waals surface area contributed by atoms with Gasteiger partial charge in [0.1, 0.15) is 0 Å². The number of rotatable bonds is 8. The zero-order valence-corrected chi connectivity index (χ0v) is 19.2. The van der Waals surface area contributed by atoms with Gasteiger partial charge in [0.25, 0.3) is 5.91 Å². The van der Waals surface area contributed by atoms with E-state index in [1.54, 1.807) is 17.0 Å². The fourth-order valence-electron chi connectivity index (χ4n) is 3.58. The molecule has 0 aliphatic heterocycles. The number of benzene rings is 2. The van der Waals surface area contributed by atoms with E-state index in [1.807, 2.05) is 51.1 Å². The first-order valence-corrected chi connectivity index (χ1v) is 10.5. The van der Waals surface area contributed by atoms with Crippen LogP contribution in [0.2, 0.25) is 0 Å². The van der Waals surface area contributed by atoms with Crippen molar-refractivity contribution in [2.24, 2.45) is 0 Å². The number of hydrogen-bond donors (Lipinski definition) is 0. The maximum Gasteiger partial charge on any atom is 0.337 e. The standard InChI is InChI=1S/C25H34N2O3/c1-8-26(17(2)3)16-20-9-11-21(12-10-20)24(28)27(18(4)5)23-14-13-22(15-19(23)6)25(29)30-7/h9-15,17-18H,8,16H2,1-7H3. The lowest BCUT2D eigenvalue weighted by Crippen LogP contribution is -2.37. The summed E-state index contributed by atoms with van der Waals surface area (Å²) in [5.41, 5.74) is 3.97. The molecular formula is C25H34N2O3. The highest BCUT2D eigenvalue weighted by Gasteiger charge is 2.23. The van der Waals surface area contributed by atoms with E-state index in [1.165, 1.54) is 12.7 Å². The molecule has 0 unspecified atom stereocenters. The summed E-state index contributed by atoms with van der Waals surface area (Å²) in [6.45, 7) is 14.3. The second-order valence-corrected chi connectivity index (χ2v) is 8.12. The highest BCUT2D eigenvalue weighted by atomic mass is 16.5. The van der Waals surface area contributed by atoms with E-state index in [4.69, 9.17) is 4.74 Å². The molecule has 30 heavy (non-hydrogen) atoms. The third-order valence-corrected chi connectivity index (χ3v) is 5.34. The molecule has 0 saturated heterocycles. The summed E-state index contributed by atoms with van der Waals surface area (Å²) in [6.07, 6.45) is 0. The Morgan fingerprint density at radius 1 is 0.933 bits per heavy atom. The number of esters is 1. The molecule has 0 radical (unpaired) electrons. The number of hydrogen-bond acceptors (Lipinski definition) is 4. The average Bonchev–Trinajstić information content (AvgIpc) is 2.72. The van der Waals surface area contributed by atoms with Gasteiger partial charge in [-0.15, -0.1) is 0 Å². The molecule has 0 aliphatic rings. The van der Waals surface area contributed by atoms with Crippen LogP contribution in [0.4, 0.5) is 5.69 Å². The predicted molar refractivity (Wildman–Crippen MR) is 122 cm³/mol. The zero-order valence-electron chi connectivity index (χ0n) is 19.2. The van der Waals surface area contributed by atoms with E-state index >= 15 is 0 Å². The normalized spacial score (nSPS) is 11.3. The van der Waals surface area contributed by atoms with Gasteiger partial charge >= 0.3 is 5.97 Å². The van der Waals surface area contributed by atoms with Crippen molar-refractivity contribution >= 4 is 17.6 Å². The topological polar surface area (TPSA) is 49.9 Å². The summed E-state index contributed by atoms with van der Waals surface area (Å²) in [6, 6.07) is 13.6. The molecule has 5 heteroatoms. The maximum absolute atomic E-state index is 13.3. The predicted octanol–water partition coefficient (Wildman–Crippen LogP) is 5.07. The summed E-state index contributed by atoms with van der Waals surface area (Å²) < 4.78 is 4.79. The molecular weight excluding hydrogens is 376 g/mol. The van der Waals surface area contributed by atoms with Crippen LogP contribution in [0.3, 0.4) is 0 Å². The minimum atomic E-state index is -0.384. The second kappa shape index (κ2) is 10.4. The molecule has 2 aromatic rings. The minimum absolute atomic E-state index is 0.0311. The highest BCUT2D eigenvalue weighted by molar-refractivity contribution is 6.07. The Balaban J connectivity index is 2.29. The van der Waals surface area contributed by atoms with E-state index in [-0.39, 0.29) is 17.9 Å². The van der Waals surface area contributed by atoms with Crippen LogP contribution in [-0.4, -0.2) is 42.5 Å². The van der Waals surface area contributed by atoms with E-state index in [9.17, 15) is 9.59 Å².